The fourth-order valence-electron chi connectivity index (χ4n) is 2.84. The van der Waals surface area contributed by atoms with E-state index in [1.807, 2.05) is 24.3 Å². The molecule has 0 atom stereocenters. The normalized spacial score (nSPS) is 11.0. The van der Waals surface area contributed by atoms with Crippen molar-refractivity contribution in [3.8, 4) is 27.6 Å². The lowest BCUT2D eigenvalue weighted by Crippen LogP contribution is -1.83. The van der Waals surface area contributed by atoms with Crippen LogP contribution >= 0.6 is 11.3 Å². The molecule has 1 N–H and O–H groups in total. The minimum Gasteiger partial charge on any atom is -0.497 e. The van der Waals surface area contributed by atoms with E-state index in [-0.39, 0.29) is 0 Å². The minimum absolute atomic E-state index is 0.859. The third kappa shape index (κ3) is 2.41. The first kappa shape index (κ1) is 14.0. The standard InChI is InChI=1S/C19H16N2OS/c1-12-18(15-10-14(22-2)8-9-16(15)20-12)19-21-17(11-23-19)13-6-4-3-5-7-13/h3-11,20H,1-2H3. The molecule has 2 aromatic heterocycles. The van der Waals surface area contributed by atoms with Crippen molar-refractivity contribution in [1.82, 2.24) is 9.97 Å². The van der Waals surface area contributed by atoms with E-state index in [9.17, 15) is 0 Å². The number of thiazole rings is 1. The van der Waals surface area contributed by atoms with Crippen LogP contribution in [0.3, 0.4) is 0 Å². The smallest absolute Gasteiger partial charge is 0.126 e. The van der Waals surface area contributed by atoms with Gasteiger partial charge in [0.1, 0.15) is 10.8 Å². The maximum atomic E-state index is 5.37. The number of ether oxygens (including phenoxy) is 1. The van der Waals surface area contributed by atoms with Gasteiger partial charge in [-0.05, 0) is 25.1 Å². The average Bonchev–Trinajstić information content (AvgIpc) is 3.18. The highest BCUT2D eigenvalue weighted by atomic mass is 32.1. The molecule has 2 heterocycles. The van der Waals surface area contributed by atoms with Gasteiger partial charge in [-0.2, -0.15) is 0 Å². The zero-order valence-corrected chi connectivity index (χ0v) is 13.8. The van der Waals surface area contributed by atoms with Crippen LogP contribution in [0.4, 0.5) is 0 Å². The third-order valence-electron chi connectivity index (χ3n) is 3.98. The van der Waals surface area contributed by atoms with Crippen LogP contribution in [0.5, 0.6) is 5.75 Å². The van der Waals surface area contributed by atoms with Crippen molar-refractivity contribution in [1.29, 1.82) is 0 Å². The number of aromatic nitrogens is 2. The summed E-state index contributed by atoms with van der Waals surface area (Å²) < 4.78 is 5.37. The van der Waals surface area contributed by atoms with Crippen LogP contribution in [0, 0.1) is 6.92 Å². The molecule has 0 aliphatic carbocycles. The second-order valence-corrected chi connectivity index (χ2v) is 6.30. The SMILES string of the molecule is COc1ccc2[nH]c(C)c(-c3nc(-c4ccccc4)cs3)c2c1. The summed E-state index contributed by atoms with van der Waals surface area (Å²) in [5, 5.41) is 4.29. The molecule has 0 aliphatic heterocycles. The lowest BCUT2D eigenvalue weighted by atomic mass is 10.1. The first-order valence-corrected chi connectivity index (χ1v) is 8.32. The van der Waals surface area contributed by atoms with Gasteiger partial charge in [-0.3, -0.25) is 0 Å². The lowest BCUT2D eigenvalue weighted by molar-refractivity contribution is 0.415. The predicted octanol–water partition coefficient (Wildman–Crippen LogP) is 5.28. The summed E-state index contributed by atoms with van der Waals surface area (Å²) in [7, 11) is 1.69. The number of hydrogen-bond acceptors (Lipinski definition) is 3. The van der Waals surface area contributed by atoms with Crippen LogP contribution in [-0.2, 0) is 0 Å². The number of aryl methyl sites for hydroxylation is 1. The van der Waals surface area contributed by atoms with E-state index in [1.54, 1.807) is 18.4 Å². The van der Waals surface area contributed by atoms with Gasteiger partial charge in [0, 0.05) is 33.1 Å². The Balaban J connectivity index is 1.86. The Kier molecular flexibility index (Phi) is 3.39. The van der Waals surface area contributed by atoms with E-state index in [0.29, 0.717) is 0 Å². The number of benzene rings is 2. The molecule has 0 unspecified atom stereocenters. The van der Waals surface area contributed by atoms with Crippen molar-refractivity contribution in [2.24, 2.45) is 0 Å². The maximum Gasteiger partial charge on any atom is 0.126 e. The molecule has 0 amide bonds. The molecule has 0 saturated heterocycles. The fraction of sp³-hybridized carbons (Fsp3) is 0.105. The lowest BCUT2D eigenvalue weighted by Gasteiger charge is -2.01. The molecule has 0 saturated carbocycles. The topological polar surface area (TPSA) is 37.9 Å². The Labute approximate surface area is 138 Å². The van der Waals surface area contributed by atoms with E-state index in [2.05, 4.69) is 41.6 Å². The molecular formula is C19H16N2OS. The molecular weight excluding hydrogens is 304 g/mol. The molecule has 23 heavy (non-hydrogen) atoms. The molecule has 4 aromatic rings. The number of H-pyrrole nitrogens is 1. The quantitative estimate of drug-likeness (QED) is 0.558. The van der Waals surface area contributed by atoms with Crippen molar-refractivity contribution >= 4 is 22.2 Å². The summed E-state index contributed by atoms with van der Waals surface area (Å²) >= 11 is 1.67. The number of nitrogens with zero attached hydrogens (tertiary/aromatic N) is 1. The van der Waals surface area contributed by atoms with Gasteiger partial charge in [0.2, 0.25) is 0 Å². The summed E-state index contributed by atoms with van der Waals surface area (Å²) in [5.74, 6) is 0.859. The number of nitrogens with one attached hydrogen (secondary N) is 1. The van der Waals surface area contributed by atoms with Gasteiger partial charge in [0.15, 0.2) is 0 Å². The molecule has 0 radical (unpaired) electrons. The maximum absolute atomic E-state index is 5.37. The number of fused-ring (bicyclic) bond motifs is 1. The number of aromatic amines is 1. The van der Waals surface area contributed by atoms with Gasteiger partial charge >= 0.3 is 0 Å². The summed E-state index contributed by atoms with van der Waals surface area (Å²) in [5.41, 5.74) is 5.55. The zero-order valence-electron chi connectivity index (χ0n) is 13.0. The summed E-state index contributed by atoms with van der Waals surface area (Å²) in [6, 6.07) is 16.4. The predicted molar refractivity (Wildman–Crippen MR) is 96.1 cm³/mol. The van der Waals surface area contributed by atoms with Gasteiger partial charge in [-0.15, -0.1) is 11.3 Å². The third-order valence-corrected chi connectivity index (χ3v) is 4.84. The highest BCUT2D eigenvalue weighted by Gasteiger charge is 2.15. The summed E-state index contributed by atoms with van der Waals surface area (Å²) in [6.45, 7) is 2.09. The number of rotatable bonds is 3. The van der Waals surface area contributed by atoms with E-state index >= 15 is 0 Å². The second kappa shape index (κ2) is 5.56. The molecule has 0 spiro atoms. The van der Waals surface area contributed by atoms with Gasteiger partial charge in [-0.25, -0.2) is 4.98 Å². The van der Waals surface area contributed by atoms with Crippen LogP contribution in [0.25, 0.3) is 32.7 Å². The number of methoxy groups -OCH3 is 1. The van der Waals surface area contributed by atoms with E-state index in [0.717, 1.165) is 44.2 Å². The molecule has 4 rings (SSSR count). The molecule has 3 nitrogen and oxygen atoms in total. The highest BCUT2D eigenvalue weighted by molar-refractivity contribution is 7.13. The van der Waals surface area contributed by atoms with Gasteiger partial charge < -0.3 is 9.72 Å². The molecule has 4 heteroatoms. The van der Waals surface area contributed by atoms with Crippen molar-refractivity contribution in [3.63, 3.8) is 0 Å². The Bertz CT molecular complexity index is 970. The molecule has 114 valence electrons. The van der Waals surface area contributed by atoms with Crippen LogP contribution in [-0.4, -0.2) is 17.1 Å². The van der Waals surface area contributed by atoms with Crippen LogP contribution in [0.1, 0.15) is 5.69 Å². The first-order valence-electron chi connectivity index (χ1n) is 7.44. The largest absolute Gasteiger partial charge is 0.497 e. The first-order chi connectivity index (χ1) is 11.3. The zero-order chi connectivity index (χ0) is 15.8. The van der Waals surface area contributed by atoms with Gasteiger partial charge in [0.05, 0.1) is 12.8 Å². The Morgan fingerprint density at radius 3 is 2.70 bits per heavy atom. The van der Waals surface area contributed by atoms with Crippen LogP contribution in [0.2, 0.25) is 0 Å². The molecule has 0 bridgehead atoms. The van der Waals surface area contributed by atoms with Crippen molar-refractivity contribution < 1.29 is 4.74 Å². The van der Waals surface area contributed by atoms with Crippen molar-refractivity contribution in [2.75, 3.05) is 7.11 Å². The summed E-state index contributed by atoms with van der Waals surface area (Å²) in [6.07, 6.45) is 0. The van der Waals surface area contributed by atoms with Gasteiger partial charge in [-0.1, -0.05) is 30.3 Å². The van der Waals surface area contributed by atoms with E-state index < -0.39 is 0 Å². The Hall–Kier alpha value is -2.59. The number of hydrogen-bond donors (Lipinski definition) is 1. The van der Waals surface area contributed by atoms with Crippen molar-refractivity contribution in [3.05, 3.63) is 59.6 Å². The molecule has 0 aliphatic rings. The Morgan fingerprint density at radius 2 is 1.91 bits per heavy atom. The van der Waals surface area contributed by atoms with Crippen LogP contribution in [0.15, 0.2) is 53.9 Å². The van der Waals surface area contributed by atoms with Crippen LogP contribution < -0.4 is 4.74 Å². The van der Waals surface area contributed by atoms with Crippen molar-refractivity contribution in [2.45, 2.75) is 6.92 Å². The average molecular weight is 320 g/mol. The summed E-state index contributed by atoms with van der Waals surface area (Å²) in [4.78, 5) is 8.28. The van der Waals surface area contributed by atoms with E-state index in [4.69, 9.17) is 9.72 Å². The fourth-order valence-corrected chi connectivity index (χ4v) is 3.78. The highest BCUT2D eigenvalue weighted by Crippen LogP contribution is 2.37. The second-order valence-electron chi connectivity index (χ2n) is 5.44. The monoisotopic (exact) mass is 320 g/mol. The minimum atomic E-state index is 0.859. The Morgan fingerprint density at radius 1 is 1.09 bits per heavy atom. The molecule has 0 fully saturated rings. The molecule has 2 aromatic carbocycles. The van der Waals surface area contributed by atoms with E-state index in [1.165, 1.54) is 0 Å². The van der Waals surface area contributed by atoms with Gasteiger partial charge in [0.25, 0.3) is 0 Å².